The quantitative estimate of drug-likeness (QED) is 0.756. The van der Waals surface area contributed by atoms with Gasteiger partial charge < -0.3 is 0 Å². The average molecular weight is 359 g/mol. The minimum absolute atomic E-state index is 0.116. The Bertz CT molecular complexity index is 845. The van der Waals surface area contributed by atoms with Crippen LogP contribution in [0.5, 0.6) is 0 Å². The molecule has 1 aliphatic carbocycles. The summed E-state index contributed by atoms with van der Waals surface area (Å²) in [5.74, 6) is 0. The topological polar surface area (TPSA) is 85.0 Å². The van der Waals surface area contributed by atoms with Crippen LogP contribution in [0.3, 0.4) is 0 Å². The third kappa shape index (κ3) is 2.79. The molecule has 0 radical (unpaired) electrons. The smallest absolute Gasteiger partial charge is 0.254 e. The number of benzene rings is 1. The van der Waals surface area contributed by atoms with Gasteiger partial charge in [0, 0.05) is 5.25 Å². The number of allylic oxidation sites excluding steroid dienone is 1. The van der Waals surface area contributed by atoms with E-state index in [1.54, 1.807) is 24.3 Å². The molecule has 1 aliphatic heterocycles. The van der Waals surface area contributed by atoms with E-state index in [9.17, 15) is 18.9 Å². The lowest BCUT2D eigenvalue weighted by molar-refractivity contribution is 0.326. The molecule has 2 fully saturated rings. The maximum Gasteiger partial charge on any atom is 0.265 e. The molecule has 2 aliphatic rings. The summed E-state index contributed by atoms with van der Waals surface area (Å²) in [5, 5.41) is 18.9. The van der Waals surface area contributed by atoms with Crippen LogP contribution in [0.4, 0.5) is 0 Å². The number of hydrogen-bond acceptors (Lipinski definition) is 5. The van der Waals surface area contributed by atoms with Gasteiger partial charge in [-0.15, -0.1) is 0 Å². The van der Waals surface area contributed by atoms with Crippen molar-refractivity contribution in [2.75, 3.05) is 0 Å². The number of nitriles is 2. The second-order valence-corrected chi connectivity index (χ2v) is 9.07. The molecule has 5 nitrogen and oxygen atoms in total. The van der Waals surface area contributed by atoms with Crippen LogP contribution in [0.2, 0.25) is 0 Å². The van der Waals surface area contributed by atoms with Gasteiger partial charge in [-0.3, -0.25) is 4.31 Å². The number of rotatable bonds is 2. The van der Waals surface area contributed by atoms with Crippen molar-refractivity contribution in [3.63, 3.8) is 0 Å². The maximum absolute atomic E-state index is 13.2. The zero-order chi connectivity index (χ0) is 17.3. The summed E-state index contributed by atoms with van der Waals surface area (Å²) < 4.78 is 27.8. The predicted molar refractivity (Wildman–Crippen MR) is 92.1 cm³/mol. The van der Waals surface area contributed by atoms with Gasteiger partial charge in [-0.2, -0.15) is 10.5 Å². The van der Waals surface area contributed by atoms with Gasteiger partial charge >= 0.3 is 0 Å². The SMILES string of the molecule is Cc1ccc(S(=O)(=O)N2C(=C(C#N)C#N)SC3CCCCC32)cc1. The minimum Gasteiger partial charge on any atom is -0.254 e. The van der Waals surface area contributed by atoms with Crippen LogP contribution >= 0.6 is 11.8 Å². The van der Waals surface area contributed by atoms with E-state index in [0.29, 0.717) is 0 Å². The number of sulfonamides is 1. The average Bonchev–Trinajstić information content (AvgIpc) is 2.96. The van der Waals surface area contributed by atoms with Gasteiger partial charge in [-0.25, -0.2) is 8.42 Å². The highest BCUT2D eigenvalue weighted by Gasteiger charge is 2.47. The van der Waals surface area contributed by atoms with E-state index in [4.69, 9.17) is 0 Å². The summed E-state index contributed by atoms with van der Waals surface area (Å²) >= 11 is 1.37. The lowest BCUT2D eigenvalue weighted by atomic mass is 9.95. The standard InChI is InChI=1S/C17H17N3O2S2/c1-12-6-8-14(9-7-12)24(21,22)20-15-4-2-3-5-16(15)23-17(20)13(10-18)11-19/h6-9,15-16H,2-5H2,1H3. The predicted octanol–water partition coefficient (Wildman–Crippen LogP) is 3.30. The molecule has 1 aromatic carbocycles. The number of thioether (sulfide) groups is 1. The molecule has 1 heterocycles. The Morgan fingerprint density at radius 1 is 1.17 bits per heavy atom. The van der Waals surface area contributed by atoms with Gasteiger partial charge in [0.15, 0.2) is 5.57 Å². The van der Waals surface area contributed by atoms with Crippen molar-refractivity contribution in [1.29, 1.82) is 10.5 Å². The Kier molecular flexibility index (Phi) is 4.58. The molecule has 7 heteroatoms. The second kappa shape index (κ2) is 6.51. The molecule has 124 valence electrons. The largest absolute Gasteiger partial charge is 0.265 e. The van der Waals surface area contributed by atoms with Crippen LogP contribution in [-0.4, -0.2) is 24.0 Å². The van der Waals surface area contributed by atoms with Crippen molar-refractivity contribution < 1.29 is 8.42 Å². The first-order valence-corrected chi connectivity index (χ1v) is 10.1. The van der Waals surface area contributed by atoms with Crippen molar-refractivity contribution in [2.24, 2.45) is 0 Å². The number of hydrogen-bond donors (Lipinski definition) is 0. The lowest BCUT2D eigenvalue weighted by Crippen LogP contribution is -2.40. The highest BCUT2D eigenvalue weighted by molar-refractivity contribution is 8.05. The van der Waals surface area contributed by atoms with Gasteiger partial charge in [-0.05, 0) is 31.9 Å². The summed E-state index contributed by atoms with van der Waals surface area (Å²) in [6.45, 7) is 1.90. The van der Waals surface area contributed by atoms with Crippen molar-refractivity contribution in [3.05, 3.63) is 40.4 Å². The molecule has 24 heavy (non-hydrogen) atoms. The van der Waals surface area contributed by atoms with Crippen LogP contribution in [0.25, 0.3) is 0 Å². The highest BCUT2D eigenvalue weighted by atomic mass is 32.2. The van der Waals surface area contributed by atoms with Crippen LogP contribution < -0.4 is 0 Å². The Labute approximate surface area is 146 Å². The Balaban J connectivity index is 2.14. The number of fused-ring (bicyclic) bond motifs is 1. The van der Waals surface area contributed by atoms with Gasteiger partial charge in [0.25, 0.3) is 10.0 Å². The zero-order valence-electron chi connectivity index (χ0n) is 13.3. The molecule has 2 unspecified atom stereocenters. The van der Waals surface area contributed by atoms with Gasteiger partial charge in [0.2, 0.25) is 0 Å². The fourth-order valence-corrected chi connectivity index (χ4v) is 6.79. The van der Waals surface area contributed by atoms with E-state index in [-0.39, 0.29) is 26.8 Å². The number of aryl methyl sites for hydroxylation is 1. The Morgan fingerprint density at radius 3 is 2.42 bits per heavy atom. The van der Waals surface area contributed by atoms with E-state index in [0.717, 1.165) is 31.2 Å². The van der Waals surface area contributed by atoms with Crippen molar-refractivity contribution in [2.45, 2.75) is 48.8 Å². The van der Waals surface area contributed by atoms with Gasteiger partial charge in [-0.1, -0.05) is 42.3 Å². The van der Waals surface area contributed by atoms with Crippen LogP contribution in [0, 0.1) is 29.6 Å². The normalized spacial score (nSPS) is 23.3. The first-order valence-electron chi connectivity index (χ1n) is 7.81. The summed E-state index contributed by atoms with van der Waals surface area (Å²) in [5.41, 5.74) is 0.857. The highest BCUT2D eigenvalue weighted by Crippen LogP contribution is 2.49. The van der Waals surface area contributed by atoms with Gasteiger partial charge in [0.1, 0.15) is 17.2 Å². The van der Waals surface area contributed by atoms with Crippen molar-refractivity contribution >= 4 is 21.8 Å². The van der Waals surface area contributed by atoms with Gasteiger partial charge in [0.05, 0.1) is 10.9 Å². The fourth-order valence-electron chi connectivity index (χ4n) is 3.23. The molecule has 3 rings (SSSR count). The molecular weight excluding hydrogens is 342 g/mol. The summed E-state index contributed by atoms with van der Waals surface area (Å²) in [6.07, 6.45) is 3.68. The first-order chi connectivity index (χ1) is 11.5. The summed E-state index contributed by atoms with van der Waals surface area (Å²) in [7, 11) is -3.79. The van der Waals surface area contributed by atoms with E-state index < -0.39 is 10.0 Å². The van der Waals surface area contributed by atoms with E-state index >= 15 is 0 Å². The van der Waals surface area contributed by atoms with E-state index in [2.05, 4.69) is 0 Å². The molecule has 2 atom stereocenters. The molecule has 0 aromatic heterocycles. The number of nitrogens with zero attached hydrogens (tertiary/aromatic N) is 3. The molecular formula is C17H17N3O2S2. The van der Waals surface area contributed by atoms with Crippen LogP contribution in [0.1, 0.15) is 31.2 Å². The Hall–Kier alpha value is -1.96. The van der Waals surface area contributed by atoms with Crippen LogP contribution in [0.15, 0.2) is 39.8 Å². The third-order valence-corrected chi connectivity index (χ3v) is 7.88. The monoisotopic (exact) mass is 359 g/mol. The van der Waals surface area contributed by atoms with E-state index in [1.165, 1.54) is 16.1 Å². The zero-order valence-corrected chi connectivity index (χ0v) is 14.9. The fraction of sp³-hybridized carbons (Fsp3) is 0.412. The second-order valence-electron chi connectivity index (χ2n) is 6.03. The van der Waals surface area contributed by atoms with E-state index in [1.807, 2.05) is 19.1 Å². The molecule has 0 amide bonds. The molecule has 1 saturated carbocycles. The molecule has 0 bridgehead atoms. The lowest BCUT2D eigenvalue weighted by Gasteiger charge is -2.31. The third-order valence-electron chi connectivity index (χ3n) is 4.45. The first kappa shape index (κ1) is 16.9. The molecule has 1 saturated heterocycles. The summed E-state index contributed by atoms with van der Waals surface area (Å²) in [4.78, 5) is 0.202. The molecule has 1 aromatic rings. The molecule has 0 spiro atoms. The van der Waals surface area contributed by atoms with Crippen molar-refractivity contribution in [3.8, 4) is 12.1 Å². The maximum atomic E-state index is 13.2. The minimum atomic E-state index is -3.79. The van der Waals surface area contributed by atoms with Crippen molar-refractivity contribution in [1.82, 2.24) is 4.31 Å². The Morgan fingerprint density at radius 2 is 1.79 bits per heavy atom. The van der Waals surface area contributed by atoms with Crippen LogP contribution in [-0.2, 0) is 10.0 Å². The molecule has 0 N–H and O–H groups in total. The summed E-state index contributed by atoms with van der Waals surface area (Å²) in [6, 6.07) is 10.2.